The molecule has 222 valence electrons. The Morgan fingerprint density at radius 3 is 1.79 bits per heavy atom. The third-order valence-electron chi connectivity index (χ3n) is 6.05. The monoisotopic (exact) mass is 595 g/mol. The highest BCUT2D eigenvalue weighted by atomic mass is 32.2. The van der Waals surface area contributed by atoms with Crippen LogP contribution >= 0.6 is 8.25 Å². The third kappa shape index (κ3) is 13.8. The molecule has 1 aromatic rings. The molecule has 39 heavy (non-hydrogen) atoms. The predicted octanol–water partition coefficient (Wildman–Crippen LogP) is -1.93. The van der Waals surface area contributed by atoms with Gasteiger partial charge in [-0.05, 0) is 12.1 Å². The number of β-amino-alcohol motifs (C(OH)–C–C–N with tert-alkyl or cyclic N) is 1. The van der Waals surface area contributed by atoms with E-state index in [0.717, 1.165) is 0 Å². The molecule has 0 amide bonds. The number of nitrogens with one attached hydrogen (secondary N) is 1. The Labute approximate surface area is 228 Å². The minimum atomic E-state index is -3.81. The number of hydrogen-bond acceptors (Lipinski definition) is 11. The minimum Gasteiger partial charge on any atom is -0.480 e. The molecule has 1 heterocycles. The molecule has 1 aliphatic heterocycles. The van der Waals surface area contributed by atoms with Gasteiger partial charge in [-0.3, -0.25) is 38.3 Å². The lowest BCUT2D eigenvalue weighted by Gasteiger charge is -2.33. The number of nitrogens with zero attached hydrogens (tertiary/aromatic N) is 4. The highest BCUT2D eigenvalue weighted by Gasteiger charge is 2.22. The van der Waals surface area contributed by atoms with Crippen molar-refractivity contribution in [2.24, 2.45) is 0 Å². The van der Waals surface area contributed by atoms with Gasteiger partial charge in [0.1, 0.15) is 6.73 Å². The van der Waals surface area contributed by atoms with Crippen LogP contribution in [0.4, 0.5) is 0 Å². The van der Waals surface area contributed by atoms with E-state index in [1.165, 1.54) is 12.1 Å². The van der Waals surface area contributed by atoms with Crippen molar-refractivity contribution < 1.29 is 47.3 Å². The zero-order valence-corrected chi connectivity index (χ0v) is 23.4. The van der Waals surface area contributed by atoms with Crippen LogP contribution in [0.1, 0.15) is 0 Å². The number of aliphatic hydroxyl groups excluding tert-OH is 1. The fourth-order valence-electron chi connectivity index (χ4n) is 3.99. The van der Waals surface area contributed by atoms with E-state index >= 15 is 0 Å². The lowest BCUT2D eigenvalue weighted by atomic mass is 10.3. The number of carbonyl (C=O) groups is 2. The molecule has 1 saturated heterocycles. The molecule has 1 fully saturated rings. The maximum absolute atomic E-state index is 12.5. The van der Waals surface area contributed by atoms with Crippen molar-refractivity contribution in [3.8, 4) is 0 Å². The highest BCUT2D eigenvalue weighted by molar-refractivity contribution is 7.89. The van der Waals surface area contributed by atoms with Gasteiger partial charge in [-0.1, -0.05) is 18.2 Å². The summed E-state index contributed by atoms with van der Waals surface area (Å²) in [5.74, 6) is -2.06. The van der Waals surface area contributed by atoms with Gasteiger partial charge < -0.3 is 20.2 Å². The zero-order chi connectivity index (χ0) is 28.8. The average molecular weight is 596 g/mol. The second kappa shape index (κ2) is 17.0. The van der Waals surface area contributed by atoms with Crippen LogP contribution in [0.25, 0.3) is 0 Å². The standard InChI is InChI=1S/C22H38N5O10PS/c28-19(14-23-39(35,36)20-4-2-1-3-5-20)15-24-6-8-25(16-21(29)30)10-12-27(18-37-38(33)34)13-11-26(9-7-24)17-22(31)32/h1-5,19,23,28,38H,6-18H2,(H,29,30)(H,31,32)(H,33,34). The lowest BCUT2D eigenvalue weighted by molar-refractivity contribution is -0.139. The van der Waals surface area contributed by atoms with Crippen molar-refractivity contribution in [3.05, 3.63) is 30.3 Å². The summed E-state index contributed by atoms with van der Waals surface area (Å²) in [4.78, 5) is 38.8. The first-order chi connectivity index (χ1) is 18.4. The van der Waals surface area contributed by atoms with E-state index in [4.69, 9.17) is 9.42 Å². The second-order valence-corrected chi connectivity index (χ2v) is 11.7. The molecule has 0 aromatic heterocycles. The van der Waals surface area contributed by atoms with Crippen LogP contribution in [-0.4, -0.2) is 152 Å². The summed E-state index contributed by atoms with van der Waals surface area (Å²) in [7, 11) is -6.99. The van der Waals surface area contributed by atoms with Crippen LogP contribution in [0.3, 0.4) is 0 Å². The lowest BCUT2D eigenvalue weighted by Crippen LogP contribution is -2.49. The van der Waals surface area contributed by atoms with Crippen molar-refractivity contribution in [2.75, 3.05) is 85.3 Å². The Morgan fingerprint density at radius 2 is 1.33 bits per heavy atom. The Bertz CT molecular complexity index is 1000. The van der Waals surface area contributed by atoms with E-state index in [0.29, 0.717) is 52.4 Å². The fourth-order valence-corrected chi connectivity index (χ4v) is 5.37. The summed E-state index contributed by atoms with van der Waals surface area (Å²) in [6.07, 6.45) is -1.08. The van der Waals surface area contributed by atoms with Crippen molar-refractivity contribution in [1.29, 1.82) is 0 Å². The van der Waals surface area contributed by atoms with Gasteiger partial charge in [0.25, 0.3) is 0 Å². The molecule has 2 rings (SSSR count). The average Bonchev–Trinajstić information content (AvgIpc) is 2.86. The number of benzene rings is 1. The number of aliphatic carboxylic acids is 2. The fraction of sp³-hybridized carbons (Fsp3) is 0.636. The van der Waals surface area contributed by atoms with Gasteiger partial charge in [0.2, 0.25) is 10.0 Å². The van der Waals surface area contributed by atoms with Crippen LogP contribution in [0.15, 0.2) is 35.2 Å². The smallest absolute Gasteiger partial charge is 0.317 e. The van der Waals surface area contributed by atoms with Gasteiger partial charge in [0.05, 0.1) is 24.1 Å². The van der Waals surface area contributed by atoms with Crippen molar-refractivity contribution in [2.45, 2.75) is 11.0 Å². The molecule has 0 radical (unpaired) electrons. The van der Waals surface area contributed by atoms with Gasteiger partial charge in [-0.25, -0.2) is 13.1 Å². The normalized spacial score (nSPS) is 19.5. The molecule has 0 saturated carbocycles. The number of rotatable bonds is 13. The molecule has 2 atom stereocenters. The number of carboxylic acid groups (broad SMARTS) is 2. The van der Waals surface area contributed by atoms with E-state index in [-0.39, 0.29) is 37.8 Å². The second-order valence-electron chi connectivity index (χ2n) is 9.12. The first kappa shape index (κ1) is 33.2. The van der Waals surface area contributed by atoms with Crippen LogP contribution in [0, 0.1) is 0 Å². The maximum atomic E-state index is 12.5. The molecule has 17 heteroatoms. The zero-order valence-electron chi connectivity index (χ0n) is 21.6. The number of hydrogen-bond donors (Lipinski definition) is 5. The van der Waals surface area contributed by atoms with Crippen molar-refractivity contribution >= 4 is 30.2 Å². The summed E-state index contributed by atoms with van der Waals surface area (Å²) in [6, 6.07) is 7.75. The van der Waals surface area contributed by atoms with E-state index < -0.39 is 36.3 Å². The van der Waals surface area contributed by atoms with E-state index in [1.807, 2.05) is 4.90 Å². The van der Waals surface area contributed by atoms with Crippen LogP contribution in [0.2, 0.25) is 0 Å². The molecule has 1 aromatic carbocycles. The van der Waals surface area contributed by atoms with Gasteiger partial charge in [0.15, 0.2) is 0 Å². The molecule has 0 bridgehead atoms. The first-order valence-corrected chi connectivity index (χ1v) is 15.1. The molecule has 0 spiro atoms. The summed E-state index contributed by atoms with van der Waals surface area (Å²) in [5, 5.41) is 29.3. The largest absolute Gasteiger partial charge is 0.480 e. The first-order valence-electron chi connectivity index (χ1n) is 12.4. The third-order valence-corrected chi connectivity index (χ3v) is 7.87. The molecule has 2 unspecified atom stereocenters. The molecule has 15 nitrogen and oxygen atoms in total. The van der Waals surface area contributed by atoms with Crippen LogP contribution in [-0.2, 0) is 28.7 Å². The Morgan fingerprint density at radius 1 is 0.872 bits per heavy atom. The van der Waals surface area contributed by atoms with Gasteiger partial charge in [0, 0.05) is 65.4 Å². The Hall–Kier alpha value is -1.98. The summed E-state index contributed by atoms with van der Waals surface area (Å²) in [5.41, 5.74) is 0. The molecular weight excluding hydrogens is 557 g/mol. The molecular formula is C22H38N5O10PS. The Balaban J connectivity index is 2.08. The van der Waals surface area contributed by atoms with E-state index in [9.17, 15) is 37.9 Å². The summed E-state index contributed by atoms with van der Waals surface area (Å²) >= 11 is 0. The Kier molecular flexibility index (Phi) is 14.5. The number of sulfonamides is 1. The van der Waals surface area contributed by atoms with Gasteiger partial charge in [-0.15, -0.1) is 0 Å². The maximum Gasteiger partial charge on any atom is 0.317 e. The van der Waals surface area contributed by atoms with Gasteiger partial charge in [-0.2, -0.15) is 0 Å². The molecule has 0 aliphatic carbocycles. The molecule has 5 N–H and O–H groups in total. The predicted molar refractivity (Wildman–Crippen MR) is 141 cm³/mol. The quantitative estimate of drug-likeness (QED) is 0.158. The highest BCUT2D eigenvalue weighted by Crippen LogP contribution is 2.15. The van der Waals surface area contributed by atoms with Gasteiger partial charge >= 0.3 is 20.2 Å². The SMILES string of the molecule is O=C(O)CN1CCN(CO[PH](=O)O)CCN(CC(=O)O)CCN(CC(O)CNS(=O)(=O)c2ccccc2)CC1. The van der Waals surface area contributed by atoms with Crippen LogP contribution < -0.4 is 4.72 Å². The topological polar surface area (TPSA) is 200 Å². The summed E-state index contributed by atoms with van der Waals surface area (Å²) in [6.45, 7) is 1.68. The summed E-state index contributed by atoms with van der Waals surface area (Å²) < 4.78 is 43.2. The van der Waals surface area contributed by atoms with Crippen LogP contribution in [0.5, 0.6) is 0 Å². The number of aliphatic hydroxyl groups is 1. The van der Waals surface area contributed by atoms with E-state index in [1.54, 1.807) is 32.9 Å². The minimum absolute atomic E-state index is 0.0723. The van der Waals surface area contributed by atoms with Crippen molar-refractivity contribution in [1.82, 2.24) is 24.3 Å². The van der Waals surface area contributed by atoms with E-state index in [2.05, 4.69) is 4.72 Å². The van der Waals surface area contributed by atoms with Crippen molar-refractivity contribution in [3.63, 3.8) is 0 Å². The molecule has 1 aliphatic rings. The number of carboxylic acids is 2.